The van der Waals surface area contributed by atoms with Gasteiger partial charge < -0.3 is 10.6 Å². The average molecular weight is 296 g/mol. The second kappa shape index (κ2) is 6.41. The Hall–Kier alpha value is -0.650. The molecule has 2 heterocycles. The topological polar surface area (TPSA) is 45.4 Å². The van der Waals surface area contributed by atoms with Gasteiger partial charge >= 0.3 is 0 Å². The Morgan fingerprint density at radius 1 is 1.30 bits per heavy atom. The summed E-state index contributed by atoms with van der Waals surface area (Å²) in [6, 6.07) is 0.314. The van der Waals surface area contributed by atoms with E-state index in [4.69, 9.17) is 10.7 Å². The standard InChI is InChI=1S/C15H28N4S/c1-5-12(16)10-18-6-8-19(9-7-18)14-17-13(11-20-14)15(2,3)4/h11-12H,5-10,16H2,1-4H3. The molecule has 0 saturated carbocycles. The van der Waals surface area contributed by atoms with Crippen molar-refractivity contribution in [2.45, 2.75) is 45.6 Å². The van der Waals surface area contributed by atoms with Crippen molar-refractivity contribution in [3.05, 3.63) is 11.1 Å². The summed E-state index contributed by atoms with van der Waals surface area (Å²) in [6.45, 7) is 14.2. The number of rotatable bonds is 4. The van der Waals surface area contributed by atoms with Gasteiger partial charge in [-0.2, -0.15) is 0 Å². The van der Waals surface area contributed by atoms with Gasteiger partial charge in [0.2, 0.25) is 0 Å². The van der Waals surface area contributed by atoms with Crippen molar-refractivity contribution < 1.29 is 0 Å². The van der Waals surface area contributed by atoms with Crippen molar-refractivity contribution in [2.75, 3.05) is 37.6 Å². The van der Waals surface area contributed by atoms with Crippen molar-refractivity contribution in [1.82, 2.24) is 9.88 Å². The normalized spacial score (nSPS) is 19.4. The maximum Gasteiger partial charge on any atom is 0.185 e. The van der Waals surface area contributed by atoms with Crippen LogP contribution in [-0.2, 0) is 5.41 Å². The molecule has 0 aliphatic carbocycles. The summed E-state index contributed by atoms with van der Waals surface area (Å²) >= 11 is 1.77. The Balaban J connectivity index is 1.89. The molecule has 2 rings (SSSR count). The number of nitrogens with zero attached hydrogens (tertiary/aromatic N) is 3. The molecule has 1 unspecified atom stereocenters. The van der Waals surface area contributed by atoms with Gasteiger partial charge in [-0.1, -0.05) is 27.7 Å². The first kappa shape index (κ1) is 15.7. The third kappa shape index (κ3) is 3.93. The average Bonchev–Trinajstić information content (AvgIpc) is 2.89. The second-order valence-electron chi connectivity index (χ2n) is 6.72. The molecule has 1 fully saturated rings. The fourth-order valence-electron chi connectivity index (χ4n) is 2.34. The van der Waals surface area contributed by atoms with E-state index in [0.717, 1.165) is 39.1 Å². The third-order valence-electron chi connectivity index (χ3n) is 3.92. The first-order chi connectivity index (χ1) is 9.40. The zero-order valence-corrected chi connectivity index (χ0v) is 14.0. The predicted molar refractivity (Wildman–Crippen MR) is 87.7 cm³/mol. The van der Waals surface area contributed by atoms with Crippen LogP contribution in [0.1, 0.15) is 39.8 Å². The van der Waals surface area contributed by atoms with Crippen LogP contribution in [0.25, 0.3) is 0 Å². The highest BCUT2D eigenvalue weighted by molar-refractivity contribution is 7.13. The van der Waals surface area contributed by atoms with Gasteiger partial charge in [0.25, 0.3) is 0 Å². The predicted octanol–water partition coefficient (Wildman–Crippen LogP) is 2.30. The zero-order valence-electron chi connectivity index (χ0n) is 13.2. The van der Waals surface area contributed by atoms with E-state index in [1.165, 1.54) is 10.8 Å². The van der Waals surface area contributed by atoms with E-state index >= 15 is 0 Å². The number of piperazine rings is 1. The summed E-state index contributed by atoms with van der Waals surface area (Å²) < 4.78 is 0. The molecule has 0 spiro atoms. The highest BCUT2D eigenvalue weighted by Crippen LogP contribution is 2.29. The largest absolute Gasteiger partial charge is 0.346 e. The summed E-state index contributed by atoms with van der Waals surface area (Å²) in [7, 11) is 0. The lowest BCUT2D eigenvalue weighted by atomic mass is 9.93. The van der Waals surface area contributed by atoms with Crippen LogP contribution in [0.2, 0.25) is 0 Å². The van der Waals surface area contributed by atoms with E-state index in [9.17, 15) is 0 Å². The minimum atomic E-state index is 0.143. The highest BCUT2D eigenvalue weighted by atomic mass is 32.1. The quantitative estimate of drug-likeness (QED) is 0.926. The Morgan fingerprint density at radius 3 is 2.45 bits per heavy atom. The van der Waals surface area contributed by atoms with Gasteiger partial charge in [-0.25, -0.2) is 4.98 Å². The Labute approximate surface area is 127 Å². The fraction of sp³-hybridized carbons (Fsp3) is 0.800. The van der Waals surface area contributed by atoms with Crippen molar-refractivity contribution in [2.24, 2.45) is 5.73 Å². The summed E-state index contributed by atoms with van der Waals surface area (Å²) in [5.41, 5.74) is 7.38. The van der Waals surface area contributed by atoms with Gasteiger partial charge in [0.05, 0.1) is 5.69 Å². The van der Waals surface area contributed by atoms with Crippen LogP contribution in [0.3, 0.4) is 0 Å². The first-order valence-electron chi connectivity index (χ1n) is 7.59. The molecule has 1 aromatic heterocycles. The number of hydrogen-bond acceptors (Lipinski definition) is 5. The molecule has 5 heteroatoms. The molecule has 114 valence electrons. The maximum absolute atomic E-state index is 6.04. The molecule has 0 aromatic carbocycles. The lowest BCUT2D eigenvalue weighted by Crippen LogP contribution is -2.49. The monoisotopic (exact) mass is 296 g/mol. The van der Waals surface area contributed by atoms with E-state index < -0.39 is 0 Å². The first-order valence-corrected chi connectivity index (χ1v) is 8.47. The molecule has 0 bridgehead atoms. The third-order valence-corrected chi connectivity index (χ3v) is 4.82. The van der Waals surface area contributed by atoms with Gasteiger partial charge in [-0.05, 0) is 6.42 Å². The Kier molecular flexibility index (Phi) is 5.04. The Bertz CT molecular complexity index is 416. The number of nitrogens with two attached hydrogens (primary N) is 1. The highest BCUT2D eigenvalue weighted by Gasteiger charge is 2.23. The molecule has 4 nitrogen and oxygen atoms in total. The number of aromatic nitrogens is 1. The van der Waals surface area contributed by atoms with Gasteiger partial charge in [0, 0.05) is 49.6 Å². The van der Waals surface area contributed by atoms with Crippen LogP contribution in [-0.4, -0.2) is 48.6 Å². The van der Waals surface area contributed by atoms with Crippen molar-refractivity contribution in [3.63, 3.8) is 0 Å². The summed E-state index contributed by atoms with van der Waals surface area (Å²) in [4.78, 5) is 9.69. The molecule has 1 aromatic rings. The second-order valence-corrected chi connectivity index (χ2v) is 7.56. The van der Waals surface area contributed by atoms with Gasteiger partial charge in [0.15, 0.2) is 5.13 Å². The van der Waals surface area contributed by atoms with Crippen LogP contribution in [0.5, 0.6) is 0 Å². The van der Waals surface area contributed by atoms with E-state index in [1.54, 1.807) is 11.3 Å². The smallest absolute Gasteiger partial charge is 0.185 e. The minimum Gasteiger partial charge on any atom is -0.346 e. The molecular weight excluding hydrogens is 268 g/mol. The maximum atomic E-state index is 6.04. The van der Waals surface area contributed by atoms with E-state index in [-0.39, 0.29) is 5.41 Å². The Morgan fingerprint density at radius 2 is 1.95 bits per heavy atom. The fourth-order valence-corrected chi connectivity index (χ4v) is 3.44. The van der Waals surface area contributed by atoms with Crippen LogP contribution in [0.15, 0.2) is 5.38 Å². The molecule has 1 aliphatic heterocycles. The van der Waals surface area contributed by atoms with Crippen molar-refractivity contribution in [1.29, 1.82) is 0 Å². The van der Waals surface area contributed by atoms with Crippen LogP contribution < -0.4 is 10.6 Å². The summed E-state index contributed by atoms with van der Waals surface area (Å²) in [5, 5.41) is 3.38. The van der Waals surface area contributed by atoms with E-state index in [2.05, 4.69) is 42.9 Å². The van der Waals surface area contributed by atoms with Crippen LogP contribution >= 0.6 is 11.3 Å². The van der Waals surface area contributed by atoms with Gasteiger partial charge in [-0.15, -0.1) is 11.3 Å². The molecule has 1 saturated heterocycles. The number of hydrogen-bond donors (Lipinski definition) is 1. The SMILES string of the molecule is CCC(N)CN1CCN(c2nc(C(C)(C)C)cs2)CC1. The van der Waals surface area contributed by atoms with Crippen LogP contribution in [0, 0.1) is 0 Å². The lowest BCUT2D eigenvalue weighted by Gasteiger charge is -2.35. The van der Waals surface area contributed by atoms with Crippen molar-refractivity contribution >= 4 is 16.5 Å². The summed E-state index contributed by atoms with van der Waals surface area (Å²) in [6.07, 6.45) is 1.06. The van der Waals surface area contributed by atoms with Gasteiger partial charge in [0.1, 0.15) is 0 Å². The van der Waals surface area contributed by atoms with E-state index in [0.29, 0.717) is 6.04 Å². The number of anilines is 1. The molecule has 1 aliphatic rings. The minimum absolute atomic E-state index is 0.143. The zero-order chi connectivity index (χ0) is 14.8. The van der Waals surface area contributed by atoms with Crippen molar-refractivity contribution in [3.8, 4) is 0 Å². The van der Waals surface area contributed by atoms with E-state index in [1.807, 2.05) is 0 Å². The number of thiazole rings is 1. The van der Waals surface area contributed by atoms with Gasteiger partial charge in [-0.3, -0.25) is 4.90 Å². The molecule has 2 N–H and O–H groups in total. The summed E-state index contributed by atoms with van der Waals surface area (Å²) in [5.74, 6) is 0. The molecule has 20 heavy (non-hydrogen) atoms. The molecule has 0 amide bonds. The molecule has 1 atom stereocenters. The molecular formula is C15H28N4S. The lowest BCUT2D eigenvalue weighted by molar-refractivity contribution is 0.240. The molecule has 0 radical (unpaired) electrons. The van der Waals surface area contributed by atoms with Crippen LogP contribution in [0.4, 0.5) is 5.13 Å².